The summed E-state index contributed by atoms with van der Waals surface area (Å²) < 4.78 is 2.38. The number of benzene rings is 10. The lowest BCUT2D eigenvalue weighted by Gasteiger charge is -2.17. The molecule has 4 nitrogen and oxygen atoms in total. The van der Waals surface area contributed by atoms with E-state index < -0.39 is 0 Å². The minimum absolute atomic E-state index is 0.595. The standard InChI is InChI=1S/C56H30N4S/c57-31-32-20-22-33(23-21-32)37-11-3-12-39(28-37)54-58-55(60-56(59-54)46-18-7-17-45-41-13-1-2-19-48(41)61-53(45)46)40-29-38-27-26-36-9-5-15-43-42-14-4-8-34-24-25-35-10-6-16-44(51(35)49(34)42)47(30-40)52(38)50(36)43/h1-30H. The maximum absolute atomic E-state index is 9.44. The van der Waals surface area contributed by atoms with Crippen LogP contribution in [0.4, 0.5) is 0 Å². The molecule has 5 heteroatoms. The quantitative estimate of drug-likeness (QED) is 0.167. The number of hydrogen-bond donors (Lipinski definition) is 0. The number of nitrogens with zero attached hydrogens (tertiary/aromatic N) is 4. The van der Waals surface area contributed by atoms with Gasteiger partial charge >= 0.3 is 0 Å². The van der Waals surface area contributed by atoms with Crippen molar-refractivity contribution in [1.82, 2.24) is 15.0 Å². The van der Waals surface area contributed by atoms with Crippen molar-refractivity contribution < 1.29 is 0 Å². The molecule has 2 aromatic heterocycles. The highest BCUT2D eigenvalue weighted by Gasteiger charge is 2.20. The molecule has 0 N–H and O–H groups in total. The Hall–Kier alpha value is -8.04. The van der Waals surface area contributed by atoms with Crippen LogP contribution < -0.4 is 0 Å². The first-order valence-corrected chi connectivity index (χ1v) is 21.2. The van der Waals surface area contributed by atoms with Crippen LogP contribution in [0.2, 0.25) is 0 Å². The average Bonchev–Trinajstić information content (AvgIpc) is 3.71. The Morgan fingerprint density at radius 1 is 0.361 bits per heavy atom. The Kier molecular flexibility index (Phi) is 7.21. The van der Waals surface area contributed by atoms with Crippen LogP contribution in [0.15, 0.2) is 182 Å². The zero-order valence-corrected chi connectivity index (χ0v) is 33.3. The molecule has 0 atom stereocenters. The number of thiophene rings is 1. The molecule has 0 amide bonds. The molecule has 0 radical (unpaired) electrons. The van der Waals surface area contributed by atoms with Crippen molar-refractivity contribution in [2.45, 2.75) is 0 Å². The van der Waals surface area contributed by atoms with Crippen LogP contribution in [0, 0.1) is 11.3 Å². The molecule has 13 rings (SSSR count). The first-order valence-electron chi connectivity index (χ1n) is 20.4. The van der Waals surface area contributed by atoms with E-state index in [-0.39, 0.29) is 0 Å². The van der Waals surface area contributed by atoms with E-state index in [0.717, 1.165) is 43.3 Å². The average molecular weight is 791 g/mol. The fourth-order valence-electron chi connectivity index (χ4n) is 9.67. The third-order valence-corrected chi connectivity index (χ3v) is 13.7. The molecular formula is C56H30N4S. The predicted molar refractivity (Wildman–Crippen MR) is 255 cm³/mol. The molecule has 0 saturated carbocycles. The Morgan fingerprint density at radius 3 is 1.61 bits per heavy atom. The van der Waals surface area contributed by atoms with Crippen molar-refractivity contribution in [3.63, 3.8) is 0 Å². The summed E-state index contributed by atoms with van der Waals surface area (Å²) in [5.41, 5.74) is 5.45. The van der Waals surface area contributed by atoms with E-state index in [4.69, 9.17) is 15.0 Å². The molecule has 2 heterocycles. The monoisotopic (exact) mass is 790 g/mol. The maximum atomic E-state index is 9.44. The molecule has 61 heavy (non-hydrogen) atoms. The molecule has 0 aliphatic rings. The van der Waals surface area contributed by atoms with Crippen molar-refractivity contribution in [2.24, 2.45) is 0 Å². The van der Waals surface area contributed by atoms with Gasteiger partial charge in [0.2, 0.25) is 0 Å². The Morgan fingerprint density at radius 2 is 0.902 bits per heavy atom. The van der Waals surface area contributed by atoms with Crippen molar-refractivity contribution in [1.29, 1.82) is 5.26 Å². The fourth-order valence-corrected chi connectivity index (χ4v) is 10.9. The van der Waals surface area contributed by atoms with Crippen LogP contribution in [0.1, 0.15) is 5.56 Å². The van der Waals surface area contributed by atoms with Crippen LogP contribution in [-0.2, 0) is 0 Å². The molecule has 0 saturated heterocycles. The number of nitriles is 1. The lowest BCUT2D eigenvalue weighted by atomic mass is 9.87. The van der Waals surface area contributed by atoms with Crippen LogP contribution in [0.25, 0.3) is 130 Å². The van der Waals surface area contributed by atoms with Gasteiger partial charge in [-0.05, 0) is 118 Å². The van der Waals surface area contributed by atoms with Crippen molar-refractivity contribution >= 4 is 96.1 Å². The number of aromatic nitrogens is 3. The largest absolute Gasteiger partial charge is 0.208 e. The highest BCUT2D eigenvalue weighted by Crippen LogP contribution is 2.45. The summed E-state index contributed by atoms with van der Waals surface area (Å²) in [6.07, 6.45) is 0. The molecule has 11 aromatic carbocycles. The van der Waals surface area contributed by atoms with Crippen molar-refractivity contribution in [3.8, 4) is 51.4 Å². The molecule has 0 aliphatic heterocycles. The Labute approximate surface area is 353 Å². The van der Waals surface area contributed by atoms with E-state index in [2.05, 4.69) is 158 Å². The summed E-state index contributed by atoms with van der Waals surface area (Å²) in [5, 5.41) is 26.5. The Bertz CT molecular complexity index is 4000. The van der Waals surface area contributed by atoms with Crippen LogP contribution in [0.3, 0.4) is 0 Å². The van der Waals surface area contributed by atoms with Gasteiger partial charge in [0.1, 0.15) is 0 Å². The Balaban J connectivity index is 1.13. The first kappa shape index (κ1) is 33.9. The summed E-state index contributed by atoms with van der Waals surface area (Å²) in [6.45, 7) is 0. The van der Waals surface area contributed by atoms with Crippen LogP contribution >= 0.6 is 11.3 Å². The predicted octanol–water partition coefficient (Wildman–Crippen LogP) is 15.1. The molecule has 280 valence electrons. The summed E-state index contributed by atoms with van der Waals surface area (Å²) >= 11 is 1.77. The van der Waals surface area contributed by atoms with Gasteiger partial charge in [-0.1, -0.05) is 140 Å². The second-order valence-electron chi connectivity index (χ2n) is 15.8. The van der Waals surface area contributed by atoms with Crippen molar-refractivity contribution in [3.05, 3.63) is 188 Å². The fraction of sp³-hybridized carbons (Fsp3) is 0. The summed E-state index contributed by atoms with van der Waals surface area (Å²) in [4.78, 5) is 16.0. The van der Waals surface area contributed by atoms with Gasteiger partial charge in [0.15, 0.2) is 17.5 Å². The minimum atomic E-state index is 0.595. The smallest absolute Gasteiger partial charge is 0.165 e. The lowest BCUT2D eigenvalue weighted by Crippen LogP contribution is -2.00. The maximum Gasteiger partial charge on any atom is 0.165 e. The second-order valence-corrected chi connectivity index (χ2v) is 16.9. The first-order chi connectivity index (χ1) is 30.2. The highest BCUT2D eigenvalue weighted by atomic mass is 32.1. The zero-order chi connectivity index (χ0) is 40.2. The number of hydrogen-bond acceptors (Lipinski definition) is 5. The van der Waals surface area contributed by atoms with Gasteiger partial charge in [-0.2, -0.15) is 5.26 Å². The van der Waals surface area contributed by atoms with Gasteiger partial charge in [-0.25, -0.2) is 15.0 Å². The van der Waals surface area contributed by atoms with E-state index in [1.54, 1.807) is 11.3 Å². The van der Waals surface area contributed by atoms with Gasteiger partial charge in [-0.3, -0.25) is 0 Å². The summed E-state index contributed by atoms with van der Waals surface area (Å²) in [7, 11) is 0. The van der Waals surface area contributed by atoms with Gasteiger partial charge < -0.3 is 0 Å². The molecule has 0 bridgehead atoms. The topological polar surface area (TPSA) is 62.5 Å². The SMILES string of the molecule is N#Cc1ccc(-c2cccc(-c3nc(-c4cc5ccc6cccc7c8cccc9ccc%10cccc(c(c4)c5c67)c%10c98)nc(-c4cccc5c4sc4ccccc45)n3)c2)cc1. The number of rotatable bonds is 4. The third-order valence-electron chi connectivity index (χ3n) is 12.4. The van der Waals surface area contributed by atoms with E-state index >= 15 is 0 Å². The third kappa shape index (κ3) is 5.13. The molecule has 0 aliphatic carbocycles. The highest BCUT2D eigenvalue weighted by molar-refractivity contribution is 7.26. The van der Waals surface area contributed by atoms with Gasteiger partial charge in [0.05, 0.1) is 11.6 Å². The molecule has 0 fully saturated rings. The molecule has 0 spiro atoms. The van der Waals surface area contributed by atoms with Crippen LogP contribution in [0.5, 0.6) is 0 Å². The zero-order valence-electron chi connectivity index (χ0n) is 32.5. The number of fused-ring (bicyclic) bond motifs is 5. The van der Waals surface area contributed by atoms with Crippen LogP contribution in [-0.4, -0.2) is 15.0 Å². The van der Waals surface area contributed by atoms with Gasteiger partial charge in [0, 0.05) is 36.9 Å². The lowest BCUT2D eigenvalue weighted by molar-refractivity contribution is 1.08. The van der Waals surface area contributed by atoms with E-state index in [1.165, 1.54) is 69.3 Å². The van der Waals surface area contributed by atoms with E-state index in [1.807, 2.05) is 30.3 Å². The van der Waals surface area contributed by atoms with Crippen molar-refractivity contribution in [2.75, 3.05) is 0 Å². The van der Waals surface area contributed by atoms with Gasteiger partial charge in [-0.15, -0.1) is 11.3 Å². The summed E-state index contributed by atoms with van der Waals surface area (Å²) in [6, 6.07) is 67.0. The minimum Gasteiger partial charge on any atom is -0.208 e. The van der Waals surface area contributed by atoms with E-state index in [0.29, 0.717) is 23.0 Å². The molecule has 13 aromatic rings. The molecule has 0 unspecified atom stereocenters. The molecular weight excluding hydrogens is 761 g/mol. The summed E-state index contributed by atoms with van der Waals surface area (Å²) in [5.74, 6) is 1.84. The van der Waals surface area contributed by atoms with E-state index in [9.17, 15) is 5.26 Å². The van der Waals surface area contributed by atoms with Gasteiger partial charge in [0.25, 0.3) is 0 Å². The second kappa shape index (κ2) is 13.0. The normalized spacial score (nSPS) is 11.9.